The van der Waals surface area contributed by atoms with Gasteiger partial charge in [0.25, 0.3) is 11.6 Å². The molecule has 1 heterocycles. The fourth-order valence-corrected chi connectivity index (χ4v) is 3.33. The van der Waals surface area contributed by atoms with Gasteiger partial charge in [0.1, 0.15) is 0 Å². The lowest BCUT2D eigenvalue weighted by molar-refractivity contribution is -0.384. The highest BCUT2D eigenvalue weighted by molar-refractivity contribution is 9.10. The van der Waals surface area contributed by atoms with Crippen molar-refractivity contribution < 1.29 is 19.2 Å². The predicted octanol–water partition coefficient (Wildman–Crippen LogP) is 4.12. The Balaban J connectivity index is 1.86. The molecule has 0 spiro atoms. The molecule has 1 unspecified atom stereocenters. The molecule has 0 saturated heterocycles. The minimum Gasteiger partial charge on any atom is -0.445 e. The molecule has 0 aliphatic carbocycles. The summed E-state index contributed by atoms with van der Waals surface area (Å²) >= 11 is 9.16. The zero-order valence-corrected chi connectivity index (χ0v) is 15.8. The third-order valence-electron chi connectivity index (χ3n) is 4.02. The van der Waals surface area contributed by atoms with Crippen LogP contribution in [0, 0.1) is 10.1 Å². The van der Waals surface area contributed by atoms with Crippen molar-refractivity contribution in [3.63, 3.8) is 0 Å². The number of anilines is 1. The van der Waals surface area contributed by atoms with Gasteiger partial charge >= 0.3 is 5.97 Å². The Labute approximate surface area is 161 Å². The zero-order valence-electron chi connectivity index (χ0n) is 13.4. The van der Waals surface area contributed by atoms with Crippen molar-refractivity contribution in [1.29, 1.82) is 0 Å². The molecule has 0 saturated carbocycles. The molecule has 3 rings (SSSR count). The number of nitro benzene ring substituents is 1. The van der Waals surface area contributed by atoms with E-state index in [1.54, 1.807) is 18.2 Å². The molecular formula is C17H12BrClN2O5. The molecule has 1 amide bonds. The Morgan fingerprint density at radius 1 is 1.35 bits per heavy atom. The van der Waals surface area contributed by atoms with Crippen LogP contribution in [-0.4, -0.2) is 22.4 Å². The normalized spacial score (nSPS) is 18.7. The second-order valence-electron chi connectivity index (χ2n) is 5.97. The number of nitrogens with one attached hydrogen (secondary N) is 1. The van der Waals surface area contributed by atoms with E-state index in [2.05, 4.69) is 21.2 Å². The van der Waals surface area contributed by atoms with Gasteiger partial charge in [-0.15, -0.1) is 0 Å². The molecule has 9 heteroatoms. The van der Waals surface area contributed by atoms with Crippen LogP contribution in [0.25, 0.3) is 0 Å². The molecule has 2 aromatic carbocycles. The standard InChI is InChI=1S/C17H12BrClN2O5/c1-17(8-9-6-10(19)2-4-12(9)15(22)26-17)16(23)20-14-5-3-11(21(24)25)7-13(14)18/h2-7H,8H2,1H3,(H,20,23). The molecular weight excluding hydrogens is 428 g/mol. The van der Waals surface area contributed by atoms with E-state index in [4.69, 9.17) is 16.3 Å². The van der Waals surface area contributed by atoms with Crippen molar-refractivity contribution in [2.75, 3.05) is 5.32 Å². The highest BCUT2D eigenvalue weighted by Gasteiger charge is 2.43. The Kier molecular flexibility index (Phi) is 4.72. The third kappa shape index (κ3) is 3.42. The quantitative estimate of drug-likeness (QED) is 0.441. The first-order valence-corrected chi connectivity index (χ1v) is 8.64. The van der Waals surface area contributed by atoms with Gasteiger partial charge in [-0.2, -0.15) is 0 Å². The third-order valence-corrected chi connectivity index (χ3v) is 4.92. The van der Waals surface area contributed by atoms with Gasteiger partial charge in [-0.05, 0) is 52.7 Å². The summed E-state index contributed by atoms with van der Waals surface area (Å²) in [5, 5.41) is 13.9. The summed E-state index contributed by atoms with van der Waals surface area (Å²) in [6.07, 6.45) is 0.158. The van der Waals surface area contributed by atoms with Crippen molar-refractivity contribution in [2.24, 2.45) is 0 Å². The van der Waals surface area contributed by atoms with Crippen LogP contribution in [0.4, 0.5) is 11.4 Å². The van der Waals surface area contributed by atoms with Gasteiger partial charge in [0, 0.05) is 28.0 Å². The summed E-state index contributed by atoms with van der Waals surface area (Å²) in [5.74, 6) is -1.16. The lowest BCUT2D eigenvalue weighted by Gasteiger charge is -2.33. The number of rotatable bonds is 3. The van der Waals surface area contributed by atoms with E-state index >= 15 is 0 Å². The number of carbonyl (C=O) groups is 2. The molecule has 1 atom stereocenters. The van der Waals surface area contributed by atoms with Gasteiger partial charge in [0.2, 0.25) is 0 Å². The molecule has 2 aromatic rings. The average molecular weight is 440 g/mol. The summed E-state index contributed by atoms with van der Waals surface area (Å²) in [6.45, 7) is 1.50. The first kappa shape index (κ1) is 18.3. The number of hydrogen-bond donors (Lipinski definition) is 1. The zero-order chi connectivity index (χ0) is 19.1. The molecule has 0 bridgehead atoms. The van der Waals surface area contributed by atoms with E-state index in [-0.39, 0.29) is 12.1 Å². The summed E-state index contributed by atoms with van der Waals surface area (Å²) in [5.41, 5.74) is -0.232. The van der Waals surface area contributed by atoms with E-state index in [1.807, 2.05) is 0 Å². The maximum absolute atomic E-state index is 12.7. The smallest absolute Gasteiger partial charge is 0.339 e. The van der Waals surface area contributed by atoms with Crippen LogP contribution in [0.5, 0.6) is 0 Å². The van der Waals surface area contributed by atoms with Crippen molar-refractivity contribution in [1.82, 2.24) is 0 Å². The molecule has 1 aliphatic heterocycles. The van der Waals surface area contributed by atoms with Crippen LogP contribution in [0.15, 0.2) is 40.9 Å². The average Bonchev–Trinajstić information content (AvgIpc) is 2.55. The van der Waals surface area contributed by atoms with Crippen molar-refractivity contribution >= 4 is 50.8 Å². The van der Waals surface area contributed by atoms with Crippen molar-refractivity contribution in [3.8, 4) is 0 Å². The van der Waals surface area contributed by atoms with Crippen LogP contribution in [0.2, 0.25) is 5.02 Å². The lowest BCUT2D eigenvalue weighted by Crippen LogP contribution is -2.49. The van der Waals surface area contributed by atoms with E-state index in [9.17, 15) is 19.7 Å². The Morgan fingerprint density at radius 3 is 2.73 bits per heavy atom. The first-order chi connectivity index (χ1) is 12.2. The molecule has 0 radical (unpaired) electrons. The van der Waals surface area contributed by atoms with E-state index < -0.39 is 22.4 Å². The number of halogens is 2. The topological polar surface area (TPSA) is 98.5 Å². The predicted molar refractivity (Wildman–Crippen MR) is 98.4 cm³/mol. The molecule has 0 aromatic heterocycles. The van der Waals surface area contributed by atoms with Gasteiger partial charge in [-0.3, -0.25) is 14.9 Å². The van der Waals surface area contributed by atoms with Crippen molar-refractivity contribution in [3.05, 3.63) is 67.1 Å². The van der Waals surface area contributed by atoms with Crippen LogP contribution in [0.1, 0.15) is 22.8 Å². The number of fused-ring (bicyclic) bond motifs is 1. The maximum atomic E-state index is 12.7. The fraction of sp³-hybridized carbons (Fsp3) is 0.176. The number of amides is 1. The Hall–Kier alpha value is -2.45. The monoisotopic (exact) mass is 438 g/mol. The lowest BCUT2D eigenvalue weighted by atomic mass is 9.89. The van der Waals surface area contributed by atoms with Gasteiger partial charge in [0.05, 0.1) is 16.2 Å². The number of carbonyl (C=O) groups excluding carboxylic acids is 2. The first-order valence-electron chi connectivity index (χ1n) is 7.47. The summed E-state index contributed by atoms with van der Waals surface area (Å²) < 4.78 is 5.70. The number of benzene rings is 2. The minimum atomic E-state index is -1.43. The van der Waals surface area contributed by atoms with Crippen molar-refractivity contribution in [2.45, 2.75) is 18.9 Å². The van der Waals surface area contributed by atoms with Crippen LogP contribution in [-0.2, 0) is 16.0 Å². The van der Waals surface area contributed by atoms with E-state index in [0.717, 1.165) is 0 Å². The molecule has 0 fully saturated rings. The van der Waals surface area contributed by atoms with E-state index in [0.29, 0.717) is 26.3 Å². The molecule has 7 nitrogen and oxygen atoms in total. The molecule has 134 valence electrons. The number of nitro groups is 1. The highest BCUT2D eigenvalue weighted by Crippen LogP contribution is 2.33. The highest BCUT2D eigenvalue weighted by atomic mass is 79.9. The van der Waals surface area contributed by atoms with Gasteiger partial charge < -0.3 is 10.1 Å². The fourth-order valence-electron chi connectivity index (χ4n) is 2.67. The molecule has 1 N–H and O–H groups in total. The number of esters is 1. The van der Waals surface area contributed by atoms with Gasteiger partial charge in [-0.1, -0.05) is 11.6 Å². The summed E-state index contributed by atoms with van der Waals surface area (Å²) in [7, 11) is 0. The number of ether oxygens (including phenoxy) is 1. The second kappa shape index (κ2) is 6.69. The van der Waals surface area contributed by atoms with Gasteiger partial charge in [0.15, 0.2) is 5.60 Å². The number of nitrogens with zero attached hydrogens (tertiary/aromatic N) is 1. The summed E-state index contributed by atoms with van der Waals surface area (Å²) in [4.78, 5) is 35.2. The largest absolute Gasteiger partial charge is 0.445 e. The molecule has 1 aliphatic rings. The number of cyclic esters (lactones) is 1. The van der Waals surface area contributed by atoms with Gasteiger partial charge in [-0.25, -0.2) is 4.79 Å². The Morgan fingerprint density at radius 2 is 2.08 bits per heavy atom. The SMILES string of the molecule is CC1(C(=O)Nc2ccc([N+](=O)[O-])cc2Br)Cc2cc(Cl)ccc2C(=O)O1. The minimum absolute atomic E-state index is 0.117. The second-order valence-corrected chi connectivity index (χ2v) is 7.26. The maximum Gasteiger partial charge on any atom is 0.339 e. The number of non-ortho nitro benzene ring substituents is 1. The van der Waals surface area contributed by atoms with Crippen LogP contribution in [0.3, 0.4) is 0 Å². The number of hydrogen-bond acceptors (Lipinski definition) is 5. The summed E-state index contributed by atoms with van der Waals surface area (Å²) in [6, 6.07) is 8.72. The Bertz CT molecular complexity index is 949. The van der Waals surface area contributed by atoms with E-state index in [1.165, 1.54) is 25.1 Å². The van der Waals surface area contributed by atoms with Crippen LogP contribution < -0.4 is 5.32 Å². The van der Waals surface area contributed by atoms with Crippen LogP contribution >= 0.6 is 27.5 Å². The molecule has 26 heavy (non-hydrogen) atoms.